The summed E-state index contributed by atoms with van der Waals surface area (Å²) < 4.78 is 21.1. The van der Waals surface area contributed by atoms with Crippen molar-refractivity contribution in [2.45, 2.75) is 37.9 Å². The van der Waals surface area contributed by atoms with Crippen molar-refractivity contribution in [1.82, 2.24) is 29.7 Å². The number of nitrogens with zero attached hydrogens (tertiary/aromatic N) is 8. The van der Waals surface area contributed by atoms with Crippen molar-refractivity contribution in [2.24, 2.45) is 0 Å². The SMILES string of the molecule is Cc1cc(-c2ncnc(N(c3ccccc3)[C@@H]3C(=O)N(C)CCN3C)n2)c(C#N)cc1O[C@H]1CCN(C(=O)[C@@H](O)CO)C[C@@H]1F. The molecule has 0 radical (unpaired) electrons. The van der Waals surface area contributed by atoms with Gasteiger partial charge in [0.05, 0.1) is 18.7 Å². The van der Waals surface area contributed by atoms with Gasteiger partial charge in [0, 0.05) is 44.4 Å². The standard InChI is InChI=1S/C31H35FN8O5/c1-19-13-22(20(15-33)14-26(19)45-25-9-10-39(16-23(25)32)29(43)24(42)17-41)27-34-18-35-31(36-27)40(21-7-5-4-6-8-21)28-30(44)38(3)12-11-37(28)2/h4-8,13-14,18,23-25,28,41-42H,9-12,16-17H2,1-3H3/t23-,24-,25-,28+/m0/s1. The first-order valence-electron chi connectivity index (χ1n) is 14.5. The van der Waals surface area contributed by atoms with Crippen molar-refractivity contribution in [1.29, 1.82) is 5.26 Å². The molecule has 0 aliphatic carbocycles. The van der Waals surface area contributed by atoms with Crippen molar-refractivity contribution in [2.75, 3.05) is 51.8 Å². The number of carbonyl (C=O) groups excluding carboxylic acids is 2. The number of piperazine rings is 1. The Kier molecular flexibility index (Phi) is 9.52. The number of likely N-dealkylation sites (N-methyl/N-ethyl adjacent to an activating group) is 2. The lowest BCUT2D eigenvalue weighted by molar-refractivity contribution is -0.146. The molecule has 3 heterocycles. The number of carbonyl (C=O) groups is 2. The maximum Gasteiger partial charge on any atom is 0.260 e. The van der Waals surface area contributed by atoms with Crippen LogP contribution in [0.5, 0.6) is 5.75 Å². The summed E-state index contributed by atoms with van der Waals surface area (Å²) in [6.07, 6.45) is -3.25. The van der Waals surface area contributed by atoms with Gasteiger partial charge in [0.2, 0.25) is 5.95 Å². The molecule has 3 aromatic rings. The number of aliphatic hydroxyl groups excluding tert-OH is 2. The first-order valence-corrected chi connectivity index (χ1v) is 14.5. The van der Waals surface area contributed by atoms with Gasteiger partial charge in [-0.05, 0) is 43.8 Å². The fourth-order valence-corrected chi connectivity index (χ4v) is 5.48. The molecule has 0 bridgehead atoms. The van der Waals surface area contributed by atoms with Crippen molar-refractivity contribution < 1.29 is 28.9 Å². The molecule has 14 heteroatoms. The number of hydrogen-bond acceptors (Lipinski definition) is 11. The van der Waals surface area contributed by atoms with E-state index in [-0.39, 0.29) is 42.8 Å². The maximum absolute atomic E-state index is 15.1. The Morgan fingerprint density at radius 1 is 1.20 bits per heavy atom. The molecule has 0 spiro atoms. The van der Waals surface area contributed by atoms with Gasteiger partial charge in [-0.25, -0.2) is 14.4 Å². The Morgan fingerprint density at radius 2 is 1.96 bits per heavy atom. The van der Waals surface area contributed by atoms with Crippen LogP contribution in [0.25, 0.3) is 11.4 Å². The van der Waals surface area contributed by atoms with Gasteiger partial charge in [-0.2, -0.15) is 10.2 Å². The van der Waals surface area contributed by atoms with E-state index in [1.807, 2.05) is 42.3 Å². The van der Waals surface area contributed by atoms with Crippen LogP contribution in [0.2, 0.25) is 0 Å². The third-order valence-corrected chi connectivity index (χ3v) is 8.06. The number of halogens is 1. The Morgan fingerprint density at radius 3 is 2.64 bits per heavy atom. The molecule has 2 amide bonds. The van der Waals surface area contributed by atoms with E-state index < -0.39 is 37.1 Å². The van der Waals surface area contributed by atoms with Crippen LogP contribution in [0.15, 0.2) is 48.8 Å². The molecule has 2 aliphatic heterocycles. The maximum atomic E-state index is 15.1. The van der Waals surface area contributed by atoms with Crippen LogP contribution in [0.3, 0.4) is 0 Å². The largest absolute Gasteiger partial charge is 0.487 e. The number of anilines is 2. The van der Waals surface area contributed by atoms with Gasteiger partial charge in [-0.3, -0.25) is 19.4 Å². The third-order valence-electron chi connectivity index (χ3n) is 8.06. The molecule has 0 saturated carbocycles. The summed E-state index contributed by atoms with van der Waals surface area (Å²) in [5.74, 6) is -0.114. The normalized spacial score (nSPS) is 21.3. The van der Waals surface area contributed by atoms with E-state index in [0.717, 1.165) is 4.90 Å². The van der Waals surface area contributed by atoms with Gasteiger partial charge >= 0.3 is 0 Å². The molecule has 0 unspecified atom stereocenters. The first-order chi connectivity index (χ1) is 21.6. The second-order valence-corrected chi connectivity index (χ2v) is 11.1. The van der Waals surface area contributed by atoms with E-state index >= 15 is 4.39 Å². The zero-order valence-electron chi connectivity index (χ0n) is 25.2. The van der Waals surface area contributed by atoms with E-state index in [2.05, 4.69) is 16.0 Å². The number of aryl methyl sites for hydroxylation is 1. The molecule has 2 aromatic carbocycles. The summed E-state index contributed by atoms with van der Waals surface area (Å²) in [4.78, 5) is 45.6. The number of amides is 2. The summed E-state index contributed by atoms with van der Waals surface area (Å²) in [6.45, 7) is 2.10. The van der Waals surface area contributed by atoms with Crippen LogP contribution in [-0.4, -0.2) is 123 Å². The summed E-state index contributed by atoms with van der Waals surface area (Å²) in [6, 6.07) is 14.7. The average Bonchev–Trinajstić information content (AvgIpc) is 3.06. The van der Waals surface area contributed by atoms with Gasteiger partial charge in [-0.15, -0.1) is 0 Å². The highest BCUT2D eigenvalue weighted by Gasteiger charge is 2.38. The van der Waals surface area contributed by atoms with Gasteiger partial charge in [-0.1, -0.05) is 18.2 Å². The summed E-state index contributed by atoms with van der Waals surface area (Å²) in [5, 5.41) is 28.7. The van der Waals surface area contributed by atoms with Gasteiger partial charge < -0.3 is 24.7 Å². The number of aromatic nitrogens is 3. The van der Waals surface area contributed by atoms with Crippen molar-refractivity contribution in [3.8, 4) is 23.2 Å². The fourth-order valence-electron chi connectivity index (χ4n) is 5.48. The van der Waals surface area contributed by atoms with Gasteiger partial charge in [0.1, 0.15) is 24.3 Å². The van der Waals surface area contributed by atoms with E-state index in [9.17, 15) is 20.0 Å². The topological polar surface area (TPSA) is 159 Å². The van der Waals surface area contributed by atoms with E-state index in [1.165, 1.54) is 12.4 Å². The molecule has 5 rings (SSSR count). The third kappa shape index (κ3) is 6.56. The number of alkyl halides is 1. The number of rotatable bonds is 8. The summed E-state index contributed by atoms with van der Waals surface area (Å²) in [5.41, 5.74) is 1.92. The molecule has 2 N–H and O–H groups in total. The summed E-state index contributed by atoms with van der Waals surface area (Å²) in [7, 11) is 3.62. The van der Waals surface area contributed by atoms with E-state index in [0.29, 0.717) is 35.7 Å². The molecule has 2 aliphatic rings. The van der Waals surface area contributed by atoms with Crippen molar-refractivity contribution in [3.05, 3.63) is 59.9 Å². The smallest absolute Gasteiger partial charge is 0.260 e. The molecule has 13 nitrogen and oxygen atoms in total. The lowest BCUT2D eigenvalue weighted by Crippen LogP contribution is -2.60. The number of benzene rings is 2. The molecular formula is C31H35FN8O5. The number of ether oxygens (including phenoxy) is 1. The Labute approximate surface area is 260 Å². The van der Waals surface area contributed by atoms with E-state index in [1.54, 1.807) is 29.8 Å². The average molecular weight is 619 g/mol. The minimum Gasteiger partial charge on any atom is -0.487 e. The number of likely N-dealkylation sites (tertiary alicyclic amines) is 1. The number of piperidine rings is 1. The highest BCUT2D eigenvalue weighted by atomic mass is 19.1. The van der Waals surface area contributed by atoms with Crippen LogP contribution < -0.4 is 9.64 Å². The number of aliphatic hydroxyl groups is 2. The van der Waals surface area contributed by atoms with Crippen LogP contribution in [-0.2, 0) is 9.59 Å². The number of hydrogen-bond donors (Lipinski definition) is 2. The molecule has 4 atom stereocenters. The Balaban J connectivity index is 1.44. The van der Waals surface area contributed by atoms with Gasteiger partial charge in [0.15, 0.2) is 24.3 Å². The lowest BCUT2D eigenvalue weighted by atomic mass is 10.0. The minimum atomic E-state index is -1.59. The van der Waals surface area contributed by atoms with Crippen LogP contribution in [0, 0.1) is 18.3 Å². The molecule has 45 heavy (non-hydrogen) atoms. The van der Waals surface area contributed by atoms with E-state index in [4.69, 9.17) is 14.8 Å². The van der Waals surface area contributed by atoms with Crippen LogP contribution in [0.4, 0.5) is 16.0 Å². The Bertz CT molecular complexity index is 1590. The quantitative estimate of drug-likeness (QED) is 0.374. The summed E-state index contributed by atoms with van der Waals surface area (Å²) >= 11 is 0. The Hall–Kier alpha value is -4.71. The second-order valence-electron chi connectivity index (χ2n) is 11.1. The van der Waals surface area contributed by atoms with Crippen molar-refractivity contribution >= 4 is 23.5 Å². The fraction of sp³-hybridized carbons (Fsp3) is 0.419. The van der Waals surface area contributed by atoms with Gasteiger partial charge in [0.25, 0.3) is 11.8 Å². The minimum absolute atomic E-state index is 0.115. The number of nitriles is 1. The lowest BCUT2D eigenvalue weighted by Gasteiger charge is -2.42. The molecule has 2 fully saturated rings. The van der Waals surface area contributed by atoms with Crippen LogP contribution in [0.1, 0.15) is 17.5 Å². The highest BCUT2D eigenvalue weighted by molar-refractivity contribution is 5.87. The highest BCUT2D eigenvalue weighted by Crippen LogP contribution is 2.33. The second kappa shape index (κ2) is 13.5. The molecule has 236 valence electrons. The molecule has 1 aromatic heterocycles. The predicted molar refractivity (Wildman–Crippen MR) is 161 cm³/mol. The molecule has 2 saturated heterocycles. The van der Waals surface area contributed by atoms with Crippen molar-refractivity contribution in [3.63, 3.8) is 0 Å². The molecular weight excluding hydrogens is 583 g/mol. The monoisotopic (exact) mass is 618 g/mol. The number of para-hydroxylation sites is 1. The predicted octanol–water partition coefficient (Wildman–Crippen LogP) is 1.26. The first kappa shape index (κ1) is 31.7. The zero-order valence-corrected chi connectivity index (χ0v) is 25.2. The zero-order chi connectivity index (χ0) is 32.2. The van der Waals surface area contributed by atoms with Crippen LogP contribution >= 0.6 is 0 Å².